The zero-order valence-corrected chi connectivity index (χ0v) is 9.74. The molecule has 0 aromatic carbocycles. The molecule has 1 aromatic heterocycles. The van der Waals surface area contributed by atoms with Crippen LogP contribution in [0.25, 0.3) is 0 Å². The predicted molar refractivity (Wildman–Crippen MR) is 59.1 cm³/mol. The molecule has 1 aromatic rings. The van der Waals surface area contributed by atoms with E-state index in [9.17, 15) is 9.59 Å². The Hall–Kier alpha value is -1.58. The van der Waals surface area contributed by atoms with Gasteiger partial charge in [-0.1, -0.05) is 20.8 Å². The van der Waals surface area contributed by atoms with E-state index in [-0.39, 0.29) is 17.0 Å². The van der Waals surface area contributed by atoms with Gasteiger partial charge >= 0.3 is 5.97 Å². The van der Waals surface area contributed by atoms with Crippen molar-refractivity contribution in [1.82, 2.24) is 0 Å². The van der Waals surface area contributed by atoms with E-state index in [4.69, 9.17) is 9.52 Å². The lowest BCUT2D eigenvalue weighted by atomic mass is 10.0. The summed E-state index contributed by atoms with van der Waals surface area (Å²) in [5.74, 6) is -0.221. The van der Waals surface area contributed by atoms with Crippen molar-refractivity contribution >= 4 is 12.3 Å². The number of carbonyl (C=O) groups is 2. The number of furan rings is 1. The topological polar surface area (TPSA) is 67.5 Å². The van der Waals surface area contributed by atoms with Crippen molar-refractivity contribution in [2.75, 3.05) is 0 Å². The molecule has 1 N–H and O–H groups in total. The Kier molecular flexibility index (Phi) is 3.88. The molecule has 0 aliphatic rings. The molecule has 0 atom stereocenters. The Morgan fingerprint density at radius 2 is 2.12 bits per heavy atom. The Labute approximate surface area is 94.3 Å². The minimum atomic E-state index is -1.10. The maximum Gasteiger partial charge on any atom is 0.340 e. The number of carboxylic acid groups (broad SMARTS) is 1. The average molecular weight is 224 g/mol. The predicted octanol–water partition coefficient (Wildman–Crippen LogP) is 2.87. The number of hydrogen-bond donors (Lipinski definition) is 1. The second-order valence-electron chi connectivity index (χ2n) is 4.01. The highest BCUT2D eigenvalue weighted by Gasteiger charge is 2.25. The van der Waals surface area contributed by atoms with Crippen LogP contribution in [0.4, 0.5) is 0 Å². The van der Waals surface area contributed by atoms with E-state index >= 15 is 0 Å². The third-order valence-electron chi connectivity index (χ3n) is 2.38. The molecule has 16 heavy (non-hydrogen) atoms. The second kappa shape index (κ2) is 4.96. The van der Waals surface area contributed by atoms with Gasteiger partial charge in [-0.2, -0.15) is 0 Å². The van der Waals surface area contributed by atoms with Gasteiger partial charge in [0.15, 0.2) is 6.29 Å². The lowest BCUT2D eigenvalue weighted by molar-refractivity contribution is 0.0692. The second-order valence-corrected chi connectivity index (χ2v) is 4.01. The lowest BCUT2D eigenvalue weighted by Gasteiger charge is -1.99. The van der Waals surface area contributed by atoms with Crippen molar-refractivity contribution < 1.29 is 19.1 Å². The fourth-order valence-corrected chi connectivity index (χ4v) is 1.70. The van der Waals surface area contributed by atoms with E-state index in [0.29, 0.717) is 24.2 Å². The third-order valence-corrected chi connectivity index (χ3v) is 2.38. The van der Waals surface area contributed by atoms with Gasteiger partial charge in [0.2, 0.25) is 0 Å². The fraction of sp³-hybridized carbons (Fsp3) is 0.500. The standard InChI is InChI=1S/C12H16O4/c1-4-5-9-10(12(14)15)8(6-13)11(16-9)7(2)3/h6-7H,4-5H2,1-3H3,(H,14,15). The average Bonchev–Trinajstić information content (AvgIpc) is 2.57. The quantitative estimate of drug-likeness (QED) is 0.781. The summed E-state index contributed by atoms with van der Waals surface area (Å²) in [6.45, 7) is 5.67. The highest BCUT2D eigenvalue weighted by atomic mass is 16.4. The van der Waals surface area contributed by atoms with Crippen LogP contribution in [0.15, 0.2) is 4.42 Å². The molecule has 0 fully saturated rings. The number of aromatic carboxylic acids is 1. The van der Waals surface area contributed by atoms with E-state index in [2.05, 4.69) is 0 Å². The minimum Gasteiger partial charge on any atom is -0.478 e. The molecule has 0 saturated carbocycles. The van der Waals surface area contributed by atoms with E-state index < -0.39 is 5.97 Å². The van der Waals surface area contributed by atoms with Crippen LogP contribution in [0, 0.1) is 0 Å². The minimum absolute atomic E-state index is 0.00362. The summed E-state index contributed by atoms with van der Waals surface area (Å²) in [4.78, 5) is 22.0. The molecule has 0 aliphatic heterocycles. The van der Waals surface area contributed by atoms with E-state index in [1.165, 1.54) is 0 Å². The van der Waals surface area contributed by atoms with Crippen LogP contribution in [0.3, 0.4) is 0 Å². The van der Waals surface area contributed by atoms with Gasteiger partial charge in [0, 0.05) is 12.3 Å². The zero-order valence-electron chi connectivity index (χ0n) is 9.74. The zero-order chi connectivity index (χ0) is 12.3. The summed E-state index contributed by atoms with van der Waals surface area (Å²) in [7, 11) is 0. The van der Waals surface area contributed by atoms with Crippen molar-refractivity contribution in [1.29, 1.82) is 0 Å². The molecular formula is C12H16O4. The summed E-state index contributed by atoms with van der Waals surface area (Å²) < 4.78 is 5.49. The number of aldehydes is 1. The van der Waals surface area contributed by atoms with Crippen LogP contribution in [-0.2, 0) is 6.42 Å². The number of carboxylic acids is 1. The highest BCUT2D eigenvalue weighted by Crippen LogP contribution is 2.28. The molecule has 0 unspecified atom stereocenters. The summed E-state index contributed by atoms with van der Waals surface area (Å²) in [5.41, 5.74) is 0.214. The Morgan fingerprint density at radius 1 is 1.50 bits per heavy atom. The largest absolute Gasteiger partial charge is 0.478 e. The molecular weight excluding hydrogens is 208 g/mol. The van der Waals surface area contributed by atoms with Crippen LogP contribution in [0.1, 0.15) is 65.3 Å². The van der Waals surface area contributed by atoms with E-state index in [1.807, 2.05) is 20.8 Å². The van der Waals surface area contributed by atoms with Crippen molar-refractivity contribution in [2.45, 2.75) is 39.5 Å². The monoisotopic (exact) mass is 224 g/mol. The van der Waals surface area contributed by atoms with Gasteiger partial charge in [0.1, 0.15) is 17.1 Å². The first-order valence-corrected chi connectivity index (χ1v) is 5.36. The Bertz CT molecular complexity index is 401. The number of carbonyl (C=O) groups excluding carboxylic acids is 1. The summed E-state index contributed by atoms with van der Waals surface area (Å²) in [6, 6.07) is 0. The first kappa shape index (κ1) is 12.5. The van der Waals surface area contributed by atoms with Gasteiger partial charge in [-0.3, -0.25) is 4.79 Å². The highest BCUT2D eigenvalue weighted by molar-refractivity contribution is 5.99. The number of hydrogen-bond acceptors (Lipinski definition) is 3. The van der Waals surface area contributed by atoms with Crippen LogP contribution in [-0.4, -0.2) is 17.4 Å². The molecule has 4 heteroatoms. The molecule has 0 saturated heterocycles. The van der Waals surface area contributed by atoms with Crippen LogP contribution >= 0.6 is 0 Å². The Balaban J connectivity index is 3.39. The van der Waals surface area contributed by atoms with Crippen LogP contribution < -0.4 is 0 Å². The maximum atomic E-state index is 11.1. The molecule has 0 radical (unpaired) electrons. The van der Waals surface area contributed by atoms with Gasteiger partial charge in [0.05, 0.1) is 5.56 Å². The molecule has 88 valence electrons. The van der Waals surface area contributed by atoms with Gasteiger partial charge in [0.25, 0.3) is 0 Å². The first-order valence-electron chi connectivity index (χ1n) is 5.36. The third kappa shape index (κ3) is 2.15. The van der Waals surface area contributed by atoms with Gasteiger partial charge in [-0.05, 0) is 6.42 Å². The lowest BCUT2D eigenvalue weighted by Crippen LogP contribution is -2.03. The molecule has 0 amide bonds. The van der Waals surface area contributed by atoms with Crippen LogP contribution in [0.2, 0.25) is 0 Å². The van der Waals surface area contributed by atoms with Crippen molar-refractivity contribution in [3.8, 4) is 0 Å². The maximum absolute atomic E-state index is 11.1. The smallest absolute Gasteiger partial charge is 0.340 e. The van der Waals surface area contributed by atoms with Gasteiger partial charge in [-0.25, -0.2) is 4.79 Å². The van der Waals surface area contributed by atoms with Crippen LogP contribution in [0.5, 0.6) is 0 Å². The normalized spacial score (nSPS) is 10.8. The van der Waals surface area contributed by atoms with Crippen molar-refractivity contribution in [3.05, 3.63) is 22.6 Å². The molecule has 1 rings (SSSR count). The fourth-order valence-electron chi connectivity index (χ4n) is 1.70. The summed E-state index contributed by atoms with van der Waals surface area (Å²) >= 11 is 0. The SMILES string of the molecule is CCCc1oc(C(C)C)c(C=O)c1C(=O)O. The van der Waals surface area contributed by atoms with Gasteiger partial charge < -0.3 is 9.52 Å². The Morgan fingerprint density at radius 3 is 2.50 bits per heavy atom. The molecule has 1 heterocycles. The van der Waals surface area contributed by atoms with Crippen molar-refractivity contribution in [3.63, 3.8) is 0 Å². The van der Waals surface area contributed by atoms with E-state index in [0.717, 1.165) is 6.42 Å². The summed E-state index contributed by atoms with van der Waals surface area (Å²) in [6.07, 6.45) is 1.89. The number of aryl methyl sites for hydroxylation is 1. The molecule has 0 bridgehead atoms. The molecule has 0 aliphatic carbocycles. The number of rotatable bonds is 5. The van der Waals surface area contributed by atoms with Gasteiger partial charge in [-0.15, -0.1) is 0 Å². The molecule has 4 nitrogen and oxygen atoms in total. The summed E-state index contributed by atoms with van der Waals surface area (Å²) in [5, 5.41) is 9.08. The van der Waals surface area contributed by atoms with Crippen molar-refractivity contribution in [2.24, 2.45) is 0 Å². The first-order chi connectivity index (χ1) is 7.52. The van der Waals surface area contributed by atoms with E-state index in [1.54, 1.807) is 0 Å². The molecule has 0 spiro atoms.